The third kappa shape index (κ3) is 36.9. The van der Waals surface area contributed by atoms with Crippen LogP contribution in [0.4, 0.5) is 0 Å². The average Bonchev–Trinajstić information content (AvgIpc) is 3.36. The van der Waals surface area contributed by atoms with Crippen LogP contribution in [-0.4, -0.2) is 110 Å². The monoisotopic (exact) mass is 1000 g/mol. The minimum absolute atomic E-state index is 0.267. The minimum Gasteiger partial charge on any atom is -0.394 e. The van der Waals surface area contributed by atoms with Gasteiger partial charge in [0.15, 0.2) is 6.29 Å². The van der Waals surface area contributed by atoms with Crippen LogP contribution >= 0.6 is 0 Å². The minimum atomic E-state index is -1.66. The number of nitrogens with one attached hydrogen (secondary N) is 1. The van der Waals surface area contributed by atoms with Gasteiger partial charge in [0, 0.05) is 0 Å². The zero-order valence-corrected chi connectivity index (χ0v) is 45.8. The van der Waals surface area contributed by atoms with Crippen molar-refractivity contribution >= 4 is 5.91 Å². The Hall–Kier alpha value is -0.890. The average molecular weight is 1000 g/mol. The molecule has 1 rings (SSSR count). The summed E-state index contributed by atoms with van der Waals surface area (Å²) in [4.78, 5) is 13.2. The summed E-state index contributed by atoms with van der Waals surface area (Å²) < 4.78 is 11.2. The van der Waals surface area contributed by atoms with Crippen LogP contribution in [-0.2, 0) is 14.3 Å². The molecule has 1 amide bonds. The lowest BCUT2D eigenvalue weighted by molar-refractivity contribution is -0.303. The molecule has 1 aliphatic heterocycles. The van der Waals surface area contributed by atoms with E-state index in [1.54, 1.807) is 0 Å². The number of carbonyl (C=O) groups is 1. The van der Waals surface area contributed by atoms with Crippen molar-refractivity contribution in [2.24, 2.45) is 0 Å². The van der Waals surface area contributed by atoms with Gasteiger partial charge in [-0.15, -0.1) is 0 Å². The first-order chi connectivity index (χ1) is 34.2. The molecule has 70 heavy (non-hydrogen) atoms. The highest BCUT2D eigenvalue weighted by Crippen LogP contribution is 2.24. The summed E-state index contributed by atoms with van der Waals surface area (Å²) in [5.41, 5.74) is 0. The lowest BCUT2D eigenvalue weighted by Gasteiger charge is -2.40. The quantitative estimate of drug-likeness (QED) is 0.0272. The van der Waals surface area contributed by atoms with Crippen LogP contribution in [0.1, 0.15) is 303 Å². The van der Waals surface area contributed by atoms with E-state index in [2.05, 4.69) is 19.2 Å². The number of rotatable bonds is 53. The maximum atomic E-state index is 13.2. The molecule has 0 aromatic heterocycles. The normalized spacial score (nSPS) is 20.2. The van der Waals surface area contributed by atoms with Gasteiger partial charge in [-0.2, -0.15) is 0 Å². The molecule has 8 N–H and O–H groups in total. The first kappa shape index (κ1) is 67.1. The molecule has 1 saturated heterocycles. The molecule has 1 heterocycles. The van der Waals surface area contributed by atoms with Crippen molar-refractivity contribution in [2.45, 2.75) is 358 Å². The molecular formula is C59H117NO10. The molecule has 9 atom stereocenters. The summed E-state index contributed by atoms with van der Waals surface area (Å²) in [6.45, 7) is 3.50. The molecule has 9 unspecified atom stereocenters. The van der Waals surface area contributed by atoms with Gasteiger partial charge in [0.2, 0.25) is 5.91 Å². The first-order valence-electron chi connectivity index (χ1n) is 30.4. The summed E-state index contributed by atoms with van der Waals surface area (Å²) in [5.74, 6) is -0.689. The highest BCUT2D eigenvalue weighted by Gasteiger charge is 2.44. The standard InChI is InChI=1S/C59H117NO10/c1-3-5-7-9-11-13-15-17-19-21-22-23-24-25-26-27-28-29-30-31-33-35-37-39-41-43-45-47-52(63)58(68)60-50(49-69-59-57(67)56(66)55(65)53(48-61)70-59)54(64)51(62)46-44-42-40-38-36-34-32-20-18-16-14-12-10-8-6-4-2/h50-57,59,61-67H,3-49H2,1-2H3,(H,60,68). The van der Waals surface area contributed by atoms with Crippen molar-refractivity contribution in [2.75, 3.05) is 13.2 Å². The Balaban J connectivity index is 2.23. The Morgan fingerprint density at radius 3 is 1.06 bits per heavy atom. The second kappa shape index (κ2) is 49.0. The van der Waals surface area contributed by atoms with Crippen molar-refractivity contribution in [3.8, 4) is 0 Å². The number of carbonyl (C=O) groups excluding carboxylic acids is 1. The second-order valence-corrected chi connectivity index (χ2v) is 21.8. The van der Waals surface area contributed by atoms with Crippen molar-refractivity contribution in [1.29, 1.82) is 0 Å². The Labute approximate surface area is 430 Å². The number of ether oxygens (including phenoxy) is 2. The Morgan fingerprint density at radius 2 is 0.743 bits per heavy atom. The van der Waals surface area contributed by atoms with Gasteiger partial charge >= 0.3 is 0 Å². The van der Waals surface area contributed by atoms with Crippen LogP contribution in [0.15, 0.2) is 0 Å². The molecule has 0 aromatic rings. The van der Waals surface area contributed by atoms with Crippen LogP contribution in [0.2, 0.25) is 0 Å². The molecule has 0 spiro atoms. The fourth-order valence-corrected chi connectivity index (χ4v) is 10.2. The third-order valence-corrected chi connectivity index (χ3v) is 15.2. The maximum Gasteiger partial charge on any atom is 0.249 e. The SMILES string of the molecule is CCCCCCCCCCCCCCCCCCCCCCCCCCCCCC(O)C(=O)NC(COC1OC(CO)C(O)C(O)C1O)C(O)C(O)CCCCCCCCCCCCCCCCCC. The van der Waals surface area contributed by atoms with E-state index >= 15 is 0 Å². The molecule has 0 saturated carbocycles. The highest BCUT2D eigenvalue weighted by atomic mass is 16.7. The lowest BCUT2D eigenvalue weighted by Crippen LogP contribution is -2.60. The van der Waals surface area contributed by atoms with Crippen molar-refractivity contribution in [1.82, 2.24) is 5.32 Å². The van der Waals surface area contributed by atoms with Gasteiger partial charge < -0.3 is 50.5 Å². The summed E-state index contributed by atoms with van der Waals surface area (Å²) >= 11 is 0. The van der Waals surface area contributed by atoms with Crippen LogP contribution in [0.3, 0.4) is 0 Å². The number of hydrogen-bond donors (Lipinski definition) is 8. The molecule has 1 fully saturated rings. The van der Waals surface area contributed by atoms with Crippen molar-refractivity contribution in [3.63, 3.8) is 0 Å². The van der Waals surface area contributed by atoms with Gasteiger partial charge in [0.25, 0.3) is 0 Å². The fraction of sp³-hybridized carbons (Fsp3) is 0.983. The van der Waals surface area contributed by atoms with Crippen molar-refractivity contribution < 1.29 is 50.0 Å². The van der Waals surface area contributed by atoms with E-state index in [0.29, 0.717) is 19.3 Å². The van der Waals surface area contributed by atoms with Crippen LogP contribution in [0, 0.1) is 0 Å². The van der Waals surface area contributed by atoms with Crippen LogP contribution in [0.25, 0.3) is 0 Å². The van der Waals surface area contributed by atoms with Gasteiger partial charge in [-0.3, -0.25) is 4.79 Å². The second-order valence-electron chi connectivity index (χ2n) is 21.8. The predicted octanol–water partition coefficient (Wildman–Crippen LogP) is 13.0. The lowest BCUT2D eigenvalue weighted by atomic mass is 9.98. The zero-order chi connectivity index (χ0) is 51.1. The molecule has 11 nitrogen and oxygen atoms in total. The number of amides is 1. The molecule has 418 valence electrons. The molecule has 1 aliphatic rings. The Bertz CT molecular complexity index is 1100. The van der Waals surface area contributed by atoms with Gasteiger partial charge in [-0.05, 0) is 12.8 Å². The molecule has 0 radical (unpaired) electrons. The topological polar surface area (TPSA) is 189 Å². The molecule has 0 bridgehead atoms. The summed E-state index contributed by atoms with van der Waals surface area (Å²) in [6.07, 6.45) is 44.5. The molecule has 0 aromatic carbocycles. The predicted molar refractivity (Wildman–Crippen MR) is 289 cm³/mol. The van der Waals surface area contributed by atoms with Crippen molar-refractivity contribution in [3.05, 3.63) is 0 Å². The van der Waals surface area contributed by atoms with E-state index in [0.717, 1.165) is 38.5 Å². The Morgan fingerprint density at radius 1 is 0.443 bits per heavy atom. The first-order valence-corrected chi connectivity index (χ1v) is 30.4. The van der Waals surface area contributed by atoms with E-state index in [9.17, 15) is 40.5 Å². The van der Waals surface area contributed by atoms with Gasteiger partial charge in [0.05, 0.1) is 25.4 Å². The summed E-state index contributed by atoms with van der Waals surface area (Å²) in [5, 5.41) is 76.2. The zero-order valence-electron chi connectivity index (χ0n) is 45.8. The van der Waals surface area contributed by atoms with Gasteiger partial charge in [0.1, 0.15) is 36.6 Å². The third-order valence-electron chi connectivity index (χ3n) is 15.2. The van der Waals surface area contributed by atoms with E-state index in [-0.39, 0.29) is 6.42 Å². The number of aliphatic hydroxyl groups is 7. The van der Waals surface area contributed by atoms with Crippen LogP contribution in [0.5, 0.6) is 0 Å². The smallest absolute Gasteiger partial charge is 0.249 e. The highest BCUT2D eigenvalue weighted by molar-refractivity contribution is 5.80. The summed E-state index contributed by atoms with van der Waals surface area (Å²) in [6, 6.07) is -1.16. The summed E-state index contributed by atoms with van der Waals surface area (Å²) in [7, 11) is 0. The van der Waals surface area contributed by atoms with Gasteiger partial charge in [-0.25, -0.2) is 0 Å². The molecule has 0 aliphatic carbocycles. The Kier molecular flexibility index (Phi) is 47.0. The van der Waals surface area contributed by atoms with E-state index in [4.69, 9.17) is 9.47 Å². The number of hydrogen-bond acceptors (Lipinski definition) is 10. The van der Waals surface area contributed by atoms with Gasteiger partial charge in [-0.1, -0.05) is 290 Å². The maximum absolute atomic E-state index is 13.2. The fourth-order valence-electron chi connectivity index (χ4n) is 10.2. The molecular weight excluding hydrogens is 883 g/mol. The van der Waals surface area contributed by atoms with E-state index in [1.165, 1.54) is 225 Å². The molecule has 11 heteroatoms. The van der Waals surface area contributed by atoms with E-state index in [1.807, 2.05) is 0 Å². The van der Waals surface area contributed by atoms with E-state index < -0.39 is 74.2 Å². The van der Waals surface area contributed by atoms with Crippen LogP contribution < -0.4 is 5.32 Å². The number of unbranched alkanes of at least 4 members (excludes halogenated alkanes) is 41. The largest absolute Gasteiger partial charge is 0.394 e. The number of aliphatic hydroxyl groups excluding tert-OH is 7.